The van der Waals surface area contributed by atoms with E-state index in [-0.39, 0.29) is 5.03 Å². The van der Waals surface area contributed by atoms with Crippen LogP contribution in [-0.4, -0.2) is 29.6 Å². The second-order valence-corrected chi connectivity index (χ2v) is 6.07. The van der Waals surface area contributed by atoms with Gasteiger partial charge in [-0.3, -0.25) is 0 Å². The molecule has 0 aliphatic carbocycles. The minimum atomic E-state index is -3.25. The first-order chi connectivity index (χ1) is 8.95. The van der Waals surface area contributed by atoms with Crippen LogP contribution in [0.3, 0.4) is 0 Å². The number of aryl methyl sites for hydroxylation is 1. The second-order valence-electron chi connectivity index (χ2n) is 4.11. The SMILES string of the molecule is Cc1nccc(CNc2ccc(S(C)(=O)=O)nc2)n1. The molecule has 0 aromatic carbocycles. The highest BCUT2D eigenvalue weighted by Crippen LogP contribution is 2.11. The second kappa shape index (κ2) is 5.31. The van der Waals surface area contributed by atoms with Gasteiger partial charge in [-0.1, -0.05) is 0 Å². The molecule has 0 saturated heterocycles. The number of hydrogen-bond donors (Lipinski definition) is 1. The molecule has 2 rings (SSSR count). The highest BCUT2D eigenvalue weighted by molar-refractivity contribution is 7.90. The first kappa shape index (κ1) is 13.4. The lowest BCUT2D eigenvalue weighted by atomic mass is 10.3. The van der Waals surface area contributed by atoms with Gasteiger partial charge in [-0.25, -0.2) is 23.4 Å². The van der Waals surface area contributed by atoms with Crippen molar-refractivity contribution < 1.29 is 8.42 Å². The summed E-state index contributed by atoms with van der Waals surface area (Å²) in [5.74, 6) is 0.713. The molecule has 2 heterocycles. The molecular weight excluding hydrogens is 264 g/mol. The van der Waals surface area contributed by atoms with Crippen molar-refractivity contribution >= 4 is 15.5 Å². The Labute approximate surface area is 111 Å². The minimum Gasteiger partial charge on any atom is -0.378 e. The molecule has 19 heavy (non-hydrogen) atoms. The molecule has 1 N–H and O–H groups in total. The summed E-state index contributed by atoms with van der Waals surface area (Å²) in [6.45, 7) is 2.36. The Morgan fingerprint density at radius 3 is 2.58 bits per heavy atom. The van der Waals surface area contributed by atoms with Gasteiger partial charge in [0.2, 0.25) is 0 Å². The van der Waals surface area contributed by atoms with E-state index in [1.165, 1.54) is 12.3 Å². The number of nitrogens with zero attached hydrogens (tertiary/aromatic N) is 3. The normalized spacial score (nSPS) is 11.3. The summed E-state index contributed by atoms with van der Waals surface area (Å²) in [5.41, 5.74) is 1.60. The van der Waals surface area contributed by atoms with Crippen molar-refractivity contribution in [2.75, 3.05) is 11.6 Å². The van der Waals surface area contributed by atoms with E-state index in [9.17, 15) is 8.42 Å². The Bertz CT molecular complexity index is 668. The zero-order valence-corrected chi connectivity index (χ0v) is 11.5. The molecule has 2 aromatic heterocycles. The number of anilines is 1. The van der Waals surface area contributed by atoms with Crippen LogP contribution >= 0.6 is 0 Å². The molecule has 0 radical (unpaired) electrons. The molecule has 0 aliphatic rings. The van der Waals surface area contributed by atoms with Gasteiger partial charge in [0, 0.05) is 12.5 Å². The van der Waals surface area contributed by atoms with Crippen LogP contribution in [0.15, 0.2) is 35.6 Å². The third kappa shape index (κ3) is 3.72. The van der Waals surface area contributed by atoms with Crippen LogP contribution in [0.1, 0.15) is 11.5 Å². The Balaban J connectivity index is 2.05. The standard InChI is InChI=1S/C12H14N4O2S/c1-9-13-6-5-11(16-9)8-14-10-3-4-12(15-7-10)19(2,17)18/h3-7,14H,8H2,1-2H3. The Hall–Kier alpha value is -2.02. The molecule has 0 bridgehead atoms. The molecule has 0 aliphatic heterocycles. The van der Waals surface area contributed by atoms with E-state index < -0.39 is 9.84 Å². The van der Waals surface area contributed by atoms with Crippen molar-refractivity contribution in [1.29, 1.82) is 0 Å². The summed E-state index contributed by atoms with van der Waals surface area (Å²) in [7, 11) is -3.25. The van der Waals surface area contributed by atoms with Crippen LogP contribution in [0, 0.1) is 6.92 Å². The molecule has 0 amide bonds. The predicted octanol–water partition coefficient (Wildman–Crippen LogP) is 1.20. The Morgan fingerprint density at radius 1 is 1.21 bits per heavy atom. The molecule has 0 fully saturated rings. The maximum absolute atomic E-state index is 11.3. The summed E-state index contributed by atoms with van der Waals surface area (Å²) in [6, 6.07) is 4.97. The van der Waals surface area contributed by atoms with E-state index in [2.05, 4.69) is 20.3 Å². The van der Waals surface area contributed by atoms with E-state index in [4.69, 9.17) is 0 Å². The topological polar surface area (TPSA) is 84.8 Å². The van der Waals surface area contributed by atoms with Crippen LogP contribution in [0.5, 0.6) is 0 Å². The predicted molar refractivity (Wildman–Crippen MR) is 71.4 cm³/mol. The summed E-state index contributed by atoms with van der Waals surface area (Å²) in [5, 5.41) is 3.18. The number of aromatic nitrogens is 3. The van der Waals surface area contributed by atoms with Gasteiger partial charge in [0.1, 0.15) is 5.82 Å². The molecule has 0 spiro atoms. The van der Waals surface area contributed by atoms with Crippen LogP contribution in [0.4, 0.5) is 5.69 Å². The van der Waals surface area contributed by atoms with Crippen molar-refractivity contribution in [2.24, 2.45) is 0 Å². The third-order valence-corrected chi connectivity index (χ3v) is 3.42. The van der Waals surface area contributed by atoms with E-state index in [1.54, 1.807) is 12.3 Å². The van der Waals surface area contributed by atoms with Crippen molar-refractivity contribution in [1.82, 2.24) is 15.0 Å². The number of hydrogen-bond acceptors (Lipinski definition) is 6. The molecule has 6 nitrogen and oxygen atoms in total. The molecule has 0 atom stereocenters. The summed E-state index contributed by atoms with van der Waals surface area (Å²) in [6.07, 6.45) is 4.32. The van der Waals surface area contributed by atoms with E-state index in [1.807, 2.05) is 13.0 Å². The molecular formula is C12H14N4O2S. The first-order valence-corrected chi connectivity index (χ1v) is 7.53. The molecule has 100 valence electrons. The maximum atomic E-state index is 11.3. The fourth-order valence-corrected chi connectivity index (χ4v) is 2.06. The van der Waals surface area contributed by atoms with Crippen molar-refractivity contribution in [3.63, 3.8) is 0 Å². The van der Waals surface area contributed by atoms with Gasteiger partial charge in [-0.05, 0) is 25.1 Å². The highest BCUT2D eigenvalue weighted by Gasteiger charge is 2.07. The molecule has 7 heteroatoms. The Kier molecular flexibility index (Phi) is 3.75. The monoisotopic (exact) mass is 278 g/mol. The van der Waals surface area contributed by atoms with Gasteiger partial charge >= 0.3 is 0 Å². The number of pyridine rings is 1. The maximum Gasteiger partial charge on any atom is 0.192 e. The molecule has 0 unspecified atom stereocenters. The highest BCUT2D eigenvalue weighted by atomic mass is 32.2. The fourth-order valence-electron chi connectivity index (χ4n) is 1.50. The lowest BCUT2D eigenvalue weighted by molar-refractivity contribution is 0.598. The summed E-state index contributed by atoms with van der Waals surface area (Å²) in [4.78, 5) is 12.2. The third-order valence-electron chi connectivity index (χ3n) is 2.42. The van der Waals surface area contributed by atoms with Crippen LogP contribution < -0.4 is 5.32 Å². The zero-order chi connectivity index (χ0) is 13.9. The Morgan fingerprint density at radius 2 is 2.00 bits per heavy atom. The van der Waals surface area contributed by atoms with Gasteiger partial charge in [-0.15, -0.1) is 0 Å². The van der Waals surface area contributed by atoms with Gasteiger partial charge in [0.25, 0.3) is 0 Å². The lowest BCUT2D eigenvalue weighted by Gasteiger charge is -2.06. The minimum absolute atomic E-state index is 0.0657. The lowest BCUT2D eigenvalue weighted by Crippen LogP contribution is -2.05. The number of rotatable bonds is 4. The smallest absolute Gasteiger partial charge is 0.192 e. The van der Waals surface area contributed by atoms with Crippen molar-refractivity contribution in [2.45, 2.75) is 18.5 Å². The molecule has 2 aromatic rings. The largest absolute Gasteiger partial charge is 0.378 e. The number of nitrogens with one attached hydrogen (secondary N) is 1. The van der Waals surface area contributed by atoms with Crippen molar-refractivity contribution in [3.8, 4) is 0 Å². The van der Waals surface area contributed by atoms with Crippen LogP contribution in [-0.2, 0) is 16.4 Å². The van der Waals surface area contributed by atoms with E-state index in [0.29, 0.717) is 12.4 Å². The average Bonchev–Trinajstić information content (AvgIpc) is 2.36. The van der Waals surface area contributed by atoms with Gasteiger partial charge < -0.3 is 5.32 Å². The van der Waals surface area contributed by atoms with Gasteiger partial charge in [0.05, 0.1) is 24.1 Å². The zero-order valence-electron chi connectivity index (χ0n) is 10.7. The fraction of sp³-hybridized carbons (Fsp3) is 0.250. The first-order valence-electron chi connectivity index (χ1n) is 5.64. The average molecular weight is 278 g/mol. The van der Waals surface area contributed by atoms with E-state index in [0.717, 1.165) is 17.6 Å². The quantitative estimate of drug-likeness (QED) is 0.904. The van der Waals surface area contributed by atoms with E-state index >= 15 is 0 Å². The van der Waals surface area contributed by atoms with Crippen LogP contribution in [0.25, 0.3) is 0 Å². The van der Waals surface area contributed by atoms with Crippen LogP contribution in [0.2, 0.25) is 0 Å². The van der Waals surface area contributed by atoms with Crippen molar-refractivity contribution in [3.05, 3.63) is 42.1 Å². The molecule has 0 saturated carbocycles. The van der Waals surface area contributed by atoms with Gasteiger partial charge in [-0.2, -0.15) is 0 Å². The van der Waals surface area contributed by atoms with Gasteiger partial charge in [0.15, 0.2) is 14.9 Å². The summed E-state index contributed by atoms with van der Waals surface area (Å²) >= 11 is 0. The number of sulfone groups is 1. The summed E-state index contributed by atoms with van der Waals surface area (Å²) < 4.78 is 22.5.